The van der Waals surface area contributed by atoms with E-state index in [0.29, 0.717) is 24.7 Å². The van der Waals surface area contributed by atoms with Gasteiger partial charge in [0.2, 0.25) is 11.7 Å². The molecular formula is C14H13N3O. The van der Waals surface area contributed by atoms with Crippen molar-refractivity contribution in [2.24, 2.45) is 5.73 Å². The van der Waals surface area contributed by atoms with Gasteiger partial charge in [0, 0.05) is 18.5 Å². The van der Waals surface area contributed by atoms with E-state index in [9.17, 15) is 0 Å². The minimum absolute atomic E-state index is 0.511. The number of hydrogen-bond donors (Lipinski definition) is 1. The van der Waals surface area contributed by atoms with Gasteiger partial charge in [-0.25, -0.2) is 0 Å². The number of aromatic nitrogens is 2. The molecule has 0 aliphatic carbocycles. The van der Waals surface area contributed by atoms with Gasteiger partial charge in [0.25, 0.3) is 0 Å². The van der Waals surface area contributed by atoms with Crippen molar-refractivity contribution >= 4 is 10.8 Å². The lowest BCUT2D eigenvalue weighted by atomic mass is 10.0. The lowest BCUT2D eigenvalue weighted by molar-refractivity contribution is 0.380. The molecule has 4 heteroatoms. The summed E-state index contributed by atoms with van der Waals surface area (Å²) in [5.74, 6) is 1.20. The van der Waals surface area contributed by atoms with E-state index < -0.39 is 0 Å². The Labute approximate surface area is 104 Å². The summed E-state index contributed by atoms with van der Waals surface area (Å²) in [6, 6.07) is 14.2. The zero-order valence-electron chi connectivity index (χ0n) is 9.84. The van der Waals surface area contributed by atoms with Crippen molar-refractivity contribution in [2.75, 3.05) is 6.54 Å². The van der Waals surface area contributed by atoms with Crippen molar-refractivity contribution in [1.82, 2.24) is 10.1 Å². The SMILES string of the molecule is NCCc1nc(-c2cccc3ccccc23)no1. The quantitative estimate of drug-likeness (QED) is 0.762. The summed E-state index contributed by atoms with van der Waals surface area (Å²) in [5.41, 5.74) is 6.46. The van der Waals surface area contributed by atoms with Gasteiger partial charge in [-0.2, -0.15) is 4.98 Å². The van der Waals surface area contributed by atoms with Crippen LogP contribution in [0.15, 0.2) is 47.0 Å². The van der Waals surface area contributed by atoms with Crippen molar-refractivity contribution in [3.8, 4) is 11.4 Å². The Morgan fingerprint density at radius 3 is 2.78 bits per heavy atom. The molecule has 1 aromatic heterocycles. The molecule has 90 valence electrons. The number of fused-ring (bicyclic) bond motifs is 1. The van der Waals surface area contributed by atoms with Crippen molar-refractivity contribution in [2.45, 2.75) is 6.42 Å². The van der Waals surface area contributed by atoms with E-state index in [-0.39, 0.29) is 0 Å². The highest BCUT2D eigenvalue weighted by Crippen LogP contribution is 2.26. The molecule has 3 aromatic rings. The Kier molecular flexibility index (Phi) is 2.78. The summed E-state index contributed by atoms with van der Waals surface area (Å²) in [6.45, 7) is 0.511. The van der Waals surface area contributed by atoms with Gasteiger partial charge in [-0.05, 0) is 10.8 Å². The van der Waals surface area contributed by atoms with Gasteiger partial charge >= 0.3 is 0 Å². The fraction of sp³-hybridized carbons (Fsp3) is 0.143. The van der Waals surface area contributed by atoms with Crippen molar-refractivity contribution in [3.63, 3.8) is 0 Å². The van der Waals surface area contributed by atoms with Crippen LogP contribution >= 0.6 is 0 Å². The maximum absolute atomic E-state index is 5.47. The Morgan fingerprint density at radius 2 is 1.89 bits per heavy atom. The maximum Gasteiger partial charge on any atom is 0.228 e. The summed E-state index contributed by atoms with van der Waals surface area (Å²) >= 11 is 0. The zero-order chi connectivity index (χ0) is 12.4. The number of nitrogens with zero attached hydrogens (tertiary/aromatic N) is 2. The molecule has 4 nitrogen and oxygen atoms in total. The van der Waals surface area contributed by atoms with E-state index in [2.05, 4.69) is 28.3 Å². The molecule has 0 spiro atoms. The Hall–Kier alpha value is -2.20. The van der Waals surface area contributed by atoms with Crippen molar-refractivity contribution < 1.29 is 4.52 Å². The average Bonchev–Trinajstić information content (AvgIpc) is 2.87. The lowest BCUT2D eigenvalue weighted by Gasteiger charge is -2.01. The molecule has 18 heavy (non-hydrogen) atoms. The first-order chi connectivity index (χ1) is 8.88. The highest BCUT2D eigenvalue weighted by Gasteiger charge is 2.10. The van der Waals surface area contributed by atoms with Gasteiger partial charge in [0.05, 0.1) is 0 Å². The third-order valence-electron chi connectivity index (χ3n) is 2.86. The third kappa shape index (κ3) is 1.87. The second-order valence-corrected chi connectivity index (χ2v) is 4.08. The monoisotopic (exact) mass is 239 g/mol. The van der Waals surface area contributed by atoms with Gasteiger partial charge in [-0.1, -0.05) is 47.6 Å². The predicted octanol–water partition coefficient (Wildman–Crippen LogP) is 2.39. The van der Waals surface area contributed by atoms with Crippen LogP contribution in [0.3, 0.4) is 0 Å². The summed E-state index contributed by atoms with van der Waals surface area (Å²) in [5, 5.41) is 6.31. The highest BCUT2D eigenvalue weighted by atomic mass is 16.5. The Morgan fingerprint density at radius 1 is 1.06 bits per heavy atom. The van der Waals surface area contributed by atoms with Crippen molar-refractivity contribution in [1.29, 1.82) is 0 Å². The second-order valence-electron chi connectivity index (χ2n) is 4.08. The molecule has 0 saturated heterocycles. The van der Waals surface area contributed by atoms with Gasteiger partial charge in [-0.15, -0.1) is 0 Å². The number of rotatable bonds is 3. The van der Waals surface area contributed by atoms with Gasteiger partial charge in [0.15, 0.2) is 0 Å². The molecule has 1 heterocycles. The fourth-order valence-corrected chi connectivity index (χ4v) is 2.01. The first-order valence-electron chi connectivity index (χ1n) is 5.89. The third-order valence-corrected chi connectivity index (χ3v) is 2.86. The standard InChI is InChI=1S/C14H13N3O/c15-9-8-13-16-14(17-18-13)12-7-3-5-10-4-1-2-6-11(10)12/h1-7H,8-9,15H2. The molecule has 0 fully saturated rings. The van der Waals surface area contributed by atoms with E-state index in [1.54, 1.807) is 0 Å². The van der Waals surface area contributed by atoms with Gasteiger partial charge in [0.1, 0.15) is 0 Å². The minimum Gasteiger partial charge on any atom is -0.339 e. The number of nitrogens with two attached hydrogens (primary N) is 1. The summed E-state index contributed by atoms with van der Waals surface area (Å²) in [4.78, 5) is 4.36. The molecule has 3 rings (SSSR count). The van der Waals surface area contributed by atoms with Crippen LogP contribution in [0.25, 0.3) is 22.2 Å². The smallest absolute Gasteiger partial charge is 0.228 e. The van der Waals surface area contributed by atoms with Crippen molar-refractivity contribution in [3.05, 3.63) is 48.4 Å². The minimum atomic E-state index is 0.511. The first kappa shape index (κ1) is 10.9. The van der Waals surface area contributed by atoms with Crippen LogP contribution in [0.5, 0.6) is 0 Å². The van der Waals surface area contributed by atoms with E-state index in [4.69, 9.17) is 10.3 Å². The molecule has 2 N–H and O–H groups in total. The van der Waals surface area contributed by atoms with Crippen LogP contribution in [0.2, 0.25) is 0 Å². The average molecular weight is 239 g/mol. The molecule has 0 atom stereocenters. The van der Waals surface area contributed by atoms with Gasteiger partial charge in [-0.3, -0.25) is 0 Å². The molecule has 0 aliphatic heterocycles. The first-order valence-corrected chi connectivity index (χ1v) is 5.89. The summed E-state index contributed by atoms with van der Waals surface area (Å²) < 4.78 is 5.17. The predicted molar refractivity (Wildman–Crippen MR) is 70.0 cm³/mol. The second kappa shape index (κ2) is 4.58. The molecule has 0 unspecified atom stereocenters. The van der Waals surface area contributed by atoms with E-state index >= 15 is 0 Å². The fourth-order valence-electron chi connectivity index (χ4n) is 2.01. The molecule has 0 radical (unpaired) electrons. The summed E-state index contributed by atoms with van der Waals surface area (Å²) in [6.07, 6.45) is 0.609. The van der Waals surface area contributed by atoms with E-state index in [1.807, 2.05) is 24.3 Å². The Bertz CT molecular complexity index is 670. The zero-order valence-corrected chi connectivity index (χ0v) is 9.84. The molecule has 0 bridgehead atoms. The molecule has 0 amide bonds. The van der Waals surface area contributed by atoms with E-state index in [1.165, 1.54) is 5.39 Å². The van der Waals surface area contributed by atoms with E-state index in [0.717, 1.165) is 10.9 Å². The molecule has 0 aliphatic rings. The Balaban J connectivity index is 2.12. The molecular weight excluding hydrogens is 226 g/mol. The van der Waals surface area contributed by atoms with Crippen LogP contribution in [0.1, 0.15) is 5.89 Å². The normalized spacial score (nSPS) is 10.9. The maximum atomic E-state index is 5.47. The largest absolute Gasteiger partial charge is 0.339 e. The van der Waals surface area contributed by atoms with Crippen LogP contribution in [0, 0.1) is 0 Å². The number of benzene rings is 2. The summed E-state index contributed by atoms with van der Waals surface area (Å²) in [7, 11) is 0. The van der Waals surface area contributed by atoms with Crippen LogP contribution in [-0.4, -0.2) is 16.7 Å². The topological polar surface area (TPSA) is 64.9 Å². The highest BCUT2D eigenvalue weighted by molar-refractivity contribution is 5.94. The van der Waals surface area contributed by atoms with Gasteiger partial charge < -0.3 is 10.3 Å². The molecule has 2 aromatic carbocycles. The van der Waals surface area contributed by atoms with Crippen LogP contribution in [0.4, 0.5) is 0 Å². The number of hydrogen-bond acceptors (Lipinski definition) is 4. The van der Waals surface area contributed by atoms with Crippen LogP contribution in [-0.2, 0) is 6.42 Å². The molecule has 0 saturated carbocycles. The lowest BCUT2D eigenvalue weighted by Crippen LogP contribution is -2.02. The van der Waals surface area contributed by atoms with Crippen LogP contribution < -0.4 is 5.73 Å².